The maximum absolute atomic E-state index is 10.5. The van der Waals surface area contributed by atoms with Gasteiger partial charge in [-0.25, -0.2) is 4.79 Å². The number of carboxylic acids is 1. The molecule has 6 nitrogen and oxygen atoms in total. The van der Waals surface area contributed by atoms with Gasteiger partial charge in [-0.1, -0.05) is 0 Å². The van der Waals surface area contributed by atoms with Crippen molar-refractivity contribution < 1.29 is 30.0 Å². The summed E-state index contributed by atoms with van der Waals surface area (Å²) >= 11 is 0. The van der Waals surface area contributed by atoms with Crippen molar-refractivity contribution in [1.82, 2.24) is 0 Å². The molecular weight excluding hydrogens is 180 g/mol. The first-order chi connectivity index (χ1) is 5.95. The van der Waals surface area contributed by atoms with Gasteiger partial charge < -0.3 is 25.2 Å². The van der Waals surface area contributed by atoms with Gasteiger partial charge in [-0.15, -0.1) is 0 Å². The molecule has 6 heteroatoms. The number of carbonyl (C=O) groups is 1. The summed E-state index contributed by atoms with van der Waals surface area (Å²) in [5.41, 5.74) is 0. The van der Waals surface area contributed by atoms with Crippen LogP contribution in [0.3, 0.4) is 0 Å². The summed E-state index contributed by atoms with van der Waals surface area (Å²) < 4.78 is 4.78. The first kappa shape index (κ1) is 10.4. The zero-order chi connectivity index (χ0) is 10.2. The highest BCUT2D eigenvalue weighted by molar-refractivity contribution is 5.73. The molecule has 4 N–H and O–H groups in total. The highest BCUT2D eigenvalue weighted by atomic mass is 16.6. The standard InChI is InChI=1S/C7H12O6/c1-2-3(8)4(9)5(10)6(13-2)7(11)12/h2-6,8-10H,1H3,(H,11,12)/t2-,3?,4-,5?,6+/m1/s1. The monoisotopic (exact) mass is 192 g/mol. The molecule has 1 aliphatic rings. The second-order valence-electron chi connectivity index (χ2n) is 3.07. The van der Waals surface area contributed by atoms with Crippen LogP contribution in [0, 0.1) is 0 Å². The summed E-state index contributed by atoms with van der Waals surface area (Å²) in [5, 5.41) is 36.1. The van der Waals surface area contributed by atoms with E-state index in [1.807, 2.05) is 0 Å². The molecule has 0 radical (unpaired) electrons. The number of hydrogen-bond acceptors (Lipinski definition) is 5. The molecular formula is C7H12O6. The Labute approximate surface area is 74.4 Å². The van der Waals surface area contributed by atoms with E-state index in [2.05, 4.69) is 0 Å². The first-order valence-corrected chi connectivity index (χ1v) is 3.87. The molecule has 0 amide bonds. The van der Waals surface area contributed by atoms with Crippen molar-refractivity contribution in [2.75, 3.05) is 0 Å². The zero-order valence-corrected chi connectivity index (χ0v) is 6.99. The van der Waals surface area contributed by atoms with Gasteiger partial charge in [-0.2, -0.15) is 0 Å². The van der Waals surface area contributed by atoms with Gasteiger partial charge in [-0.05, 0) is 6.92 Å². The molecule has 0 aliphatic carbocycles. The number of hydrogen-bond donors (Lipinski definition) is 4. The van der Waals surface area contributed by atoms with E-state index in [0.29, 0.717) is 0 Å². The van der Waals surface area contributed by atoms with Crippen LogP contribution in [0.25, 0.3) is 0 Å². The molecule has 0 aromatic carbocycles. The lowest BCUT2D eigenvalue weighted by Crippen LogP contribution is -2.58. The second kappa shape index (κ2) is 3.59. The number of rotatable bonds is 1. The Morgan fingerprint density at radius 2 is 1.69 bits per heavy atom. The van der Waals surface area contributed by atoms with Crippen molar-refractivity contribution in [1.29, 1.82) is 0 Å². The molecule has 0 spiro atoms. The maximum Gasteiger partial charge on any atom is 0.335 e. The Morgan fingerprint density at radius 3 is 2.15 bits per heavy atom. The molecule has 76 valence electrons. The molecule has 5 atom stereocenters. The summed E-state index contributed by atoms with van der Waals surface area (Å²) in [6.45, 7) is 1.43. The lowest BCUT2D eigenvalue weighted by molar-refractivity contribution is -0.223. The van der Waals surface area contributed by atoms with Crippen molar-refractivity contribution in [3.05, 3.63) is 0 Å². The van der Waals surface area contributed by atoms with E-state index < -0.39 is 36.5 Å². The molecule has 0 bridgehead atoms. The quantitative estimate of drug-likeness (QED) is 0.380. The van der Waals surface area contributed by atoms with Crippen molar-refractivity contribution >= 4 is 5.97 Å². The third-order valence-corrected chi connectivity index (χ3v) is 2.10. The van der Waals surface area contributed by atoms with E-state index in [0.717, 1.165) is 0 Å². The van der Waals surface area contributed by atoms with Gasteiger partial charge >= 0.3 is 5.97 Å². The van der Waals surface area contributed by atoms with Crippen molar-refractivity contribution in [3.8, 4) is 0 Å². The number of ether oxygens (including phenoxy) is 1. The van der Waals surface area contributed by atoms with E-state index in [9.17, 15) is 20.1 Å². The smallest absolute Gasteiger partial charge is 0.335 e. The minimum absolute atomic E-state index is 0.806. The normalized spacial score (nSPS) is 46.0. The van der Waals surface area contributed by atoms with Crippen LogP contribution in [0.1, 0.15) is 6.92 Å². The molecule has 1 aliphatic heterocycles. The minimum Gasteiger partial charge on any atom is -0.479 e. The predicted molar refractivity (Wildman–Crippen MR) is 40.0 cm³/mol. The van der Waals surface area contributed by atoms with Gasteiger partial charge in [0.05, 0.1) is 6.10 Å². The highest BCUT2D eigenvalue weighted by Gasteiger charge is 2.44. The molecule has 1 rings (SSSR count). The molecule has 1 heterocycles. The third-order valence-electron chi connectivity index (χ3n) is 2.10. The van der Waals surface area contributed by atoms with Gasteiger partial charge in [0.25, 0.3) is 0 Å². The molecule has 13 heavy (non-hydrogen) atoms. The minimum atomic E-state index is -1.59. The molecule has 1 saturated heterocycles. The van der Waals surface area contributed by atoms with E-state index in [1.165, 1.54) is 6.92 Å². The van der Waals surface area contributed by atoms with Crippen LogP contribution >= 0.6 is 0 Å². The first-order valence-electron chi connectivity index (χ1n) is 3.87. The van der Waals surface area contributed by atoms with Crippen LogP contribution in [0.2, 0.25) is 0 Å². The lowest BCUT2D eigenvalue weighted by Gasteiger charge is -2.37. The third kappa shape index (κ3) is 1.80. The van der Waals surface area contributed by atoms with Gasteiger partial charge in [0.2, 0.25) is 0 Å². The van der Waals surface area contributed by atoms with E-state index in [1.54, 1.807) is 0 Å². The molecule has 0 aromatic heterocycles. The summed E-state index contributed by atoms with van der Waals surface area (Å²) in [5.74, 6) is -1.36. The Kier molecular flexibility index (Phi) is 2.87. The van der Waals surface area contributed by atoms with Gasteiger partial charge in [0, 0.05) is 0 Å². The molecule has 1 fully saturated rings. The van der Waals surface area contributed by atoms with Crippen LogP contribution in [0.4, 0.5) is 0 Å². The van der Waals surface area contributed by atoms with E-state index >= 15 is 0 Å². The maximum atomic E-state index is 10.5. The average Bonchev–Trinajstić information content (AvgIpc) is 2.07. The van der Waals surface area contributed by atoms with Crippen LogP contribution in [-0.4, -0.2) is 56.9 Å². The summed E-state index contributed by atoms with van der Waals surface area (Å²) in [6, 6.07) is 0. The fourth-order valence-corrected chi connectivity index (χ4v) is 1.26. The van der Waals surface area contributed by atoms with Crippen molar-refractivity contribution in [3.63, 3.8) is 0 Å². The van der Waals surface area contributed by atoms with Crippen molar-refractivity contribution in [2.24, 2.45) is 0 Å². The average molecular weight is 192 g/mol. The summed E-state index contributed by atoms with van der Waals surface area (Å²) in [7, 11) is 0. The highest BCUT2D eigenvalue weighted by Crippen LogP contribution is 2.20. The zero-order valence-electron chi connectivity index (χ0n) is 6.99. The van der Waals surface area contributed by atoms with Crippen LogP contribution in [0.15, 0.2) is 0 Å². The summed E-state index contributed by atoms with van der Waals surface area (Å²) in [4.78, 5) is 10.5. The molecule has 0 aromatic rings. The molecule has 2 unspecified atom stereocenters. The van der Waals surface area contributed by atoms with Gasteiger partial charge in [-0.3, -0.25) is 0 Å². The fourth-order valence-electron chi connectivity index (χ4n) is 1.26. The van der Waals surface area contributed by atoms with Crippen LogP contribution in [-0.2, 0) is 9.53 Å². The van der Waals surface area contributed by atoms with Crippen LogP contribution < -0.4 is 0 Å². The van der Waals surface area contributed by atoms with Gasteiger partial charge in [0.1, 0.15) is 18.3 Å². The summed E-state index contributed by atoms with van der Waals surface area (Å²) in [6.07, 6.45) is -6.62. The number of aliphatic hydroxyl groups excluding tert-OH is 3. The topological polar surface area (TPSA) is 107 Å². The Morgan fingerprint density at radius 1 is 1.15 bits per heavy atom. The predicted octanol–water partition coefficient (Wildman–Crippen LogP) is -2.06. The number of carboxylic acid groups (broad SMARTS) is 1. The lowest BCUT2D eigenvalue weighted by atomic mass is 9.96. The van der Waals surface area contributed by atoms with E-state index in [-0.39, 0.29) is 0 Å². The van der Waals surface area contributed by atoms with Crippen molar-refractivity contribution in [2.45, 2.75) is 37.4 Å². The van der Waals surface area contributed by atoms with E-state index in [4.69, 9.17) is 9.84 Å². The number of aliphatic hydroxyl groups is 3. The van der Waals surface area contributed by atoms with Gasteiger partial charge in [0.15, 0.2) is 6.10 Å². The fraction of sp³-hybridized carbons (Fsp3) is 0.857. The number of aliphatic carboxylic acids is 1. The van der Waals surface area contributed by atoms with Crippen LogP contribution in [0.5, 0.6) is 0 Å². The molecule has 0 saturated carbocycles. The second-order valence-corrected chi connectivity index (χ2v) is 3.07. The Bertz CT molecular complexity index is 205. The Hall–Kier alpha value is -0.690. The SMILES string of the molecule is C[C@H]1O[C@H](C(=O)O)C(O)[C@H](O)C1O. The largest absolute Gasteiger partial charge is 0.479 e. The Balaban J connectivity index is 2.76.